The molecule has 0 aliphatic rings. The van der Waals surface area contributed by atoms with Gasteiger partial charge in [-0.05, 0) is 32.6 Å². The van der Waals surface area contributed by atoms with Gasteiger partial charge in [-0.15, -0.1) is 0 Å². The Kier molecular flexibility index (Phi) is 6.39. The standard InChI is InChI=1S/C10H23NO/c1-8(2)10(4)11-9(3)6-5-7-12/h8-12H,5-7H2,1-4H3/t9-,10+/m0/s1. The Morgan fingerprint density at radius 2 is 1.75 bits per heavy atom. The van der Waals surface area contributed by atoms with Crippen LogP contribution in [0.25, 0.3) is 0 Å². The van der Waals surface area contributed by atoms with Crippen molar-refractivity contribution in [2.45, 2.75) is 52.6 Å². The van der Waals surface area contributed by atoms with Crippen molar-refractivity contribution in [2.24, 2.45) is 5.92 Å². The molecule has 0 fully saturated rings. The summed E-state index contributed by atoms with van der Waals surface area (Å²) in [4.78, 5) is 0. The highest BCUT2D eigenvalue weighted by Gasteiger charge is 2.09. The summed E-state index contributed by atoms with van der Waals surface area (Å²) in [7, 11) is 0. The van der Waals surface area contributed by atoms with Gasteiger partial charge in [-0.2, -0.15) is 0 Å². The lowest BCUT2D eigenvalue weighted by molar-refractivity contribution is 0.270. The molecule has 0 unspecified atom stereocenters. The molecule has 0 aromatic carbocycles. The molecule has 0 saturated heterocycles. The van der Waals surface area contributed by atoms with Gasteiger partial charge in [0, 0.05) is 18.7 Å². The lowest BCUT2D eigenvalue weighted by atomic mass is 10.0. The van der Waals surface area contributed by atoms with Gasteiger partial charge in [0.15, 0.2) is 0 Å². The van der Waals surface area contributed by atoms with Gasteiger partial charge in [0.1, 0.15) is 0 Å². The van der Waals surface area contributed by atoms with E-state index in [1.165, 1.54) is 0 Å². The van der Waals surface area contributed by atoms with Gasteiger partial charge in [0.25, 0.3) is 0 Å². The second-order valence-corrected chi connectivity index (χ2v) is 3.97. The number of aliphatic hydroxyl groups is 1. The van der Waals surface area contributed by atoms with Crippen LogP contribution in [0.1, 0.15) is 40.5 Å². The molecule has 0 heterocycles. The highest BCUT2D eigenvalue weighted by Crippen LogP contribution is 2.03. The van der Waals surface area contributed by atoms with E-state index in [1.54, 1.807) is 0 Å². The van der Waals surface area contributed by atoms with Crippen LogP contribution in [0, 0.1) is 5.92 Å². The first-order chi connectivity index (χ1) is 5.57. The van der Waals surface area contributed by atoms with Gasteiger partial charge in [-0.3, -0.25) is 0 Å². The van der Waals surface area contributed by atoms with Crippen LogP contribution in [-0.4, -0.2) is 23.8 Å². The van der Waals surface area contributed by atoms with Crippen molar-refractivity contribution in [1.82, 2.24) is 5.32 Å². The van der Waals surface area contributed by atoms with Crippen LogP contribution in [0.2, 0.25) is 0 Å². The maximum absolute atomic E-state index is 8.63. The Balaban J connectivity index is 3.47. The molecule has 2 nitrogen and oxygen atoms in total. The molecule has 12 heavy (non-hydrogen) atoms. The maximum Gasteiger partial charge on any atom is 0.0431 e. The maximum atomic E-state index is 8.63. The van der Waals surface area contributed by atoms with Crippen LogP contribution in [0.4, 0.5) is 0 Å². The molecular formula is C10H23NO. The number of rotatable bonds is 6. The molecule has 2 atom stereocenters. The van der Waals surface area contributed by atoms with E-state index in [-0.39, 0.29) is 0 Å². The van der Waals surface area contributed by atoms with Crippen LogP contribution in [0.15, 0.2) is 0 Å². The summed E-state index contributed by atoms with van der Waals surface area (Å²) in [5, 5.41) is 12.1. The molecule has 74 valence electrons. The third-order valence-electron chi connectivity index (χ3n) is 2.34. The Morgan fingerprint density at radius 1 is 1.17 bits per heavy atom. The van der Waals surface area contributed by atoms with Crippen molar-refractivity contribution in [3.8, 4) is 0 Å². The Bertz CT molecular complexity index is 104. The molecule has 2 N–H and O–H groups in total. The summed E-state index contributed by atoms with van der Waals surface area (Å²) >= 11 is 0. The minimum absolute atomic E-state index is 0.308. The molecule has 0 bridgehead atoms. The quantitative estimate of drug-likeness (QED) is 0.641. The third kappa shape index (κ3) is 5.56. The van der Waals surface area contributed by atoms with Crippen molar-refractivity contribution in [3.63, 3.8) is 0 Å². The molecule has 2 heteroatoms. The molecule has 0 aliphatic carbocycles. The van der Waals surface area contributed by atoms with Crippen molar-refractivity contribution in [1.29, 1.82) is 0 Å². The van der Waals surface area contributed by atoms with Crippen LogP contribution >= 0.6 is 0 Å². The van der Waals surface area contributed by atoms with E-state index in [1.807, 2.05) is 0 Å². The van der Waals surface area contributed by atoms with E-state index in [0.717, 1.165) is 12.8 Å². The Morgan fingerprint density at radius 3 is 2.17 bits per heavy atom. The van der Waals surface area contributed by atoms with Crippen molar-refractivity contribution in [2.75, 3.05) is 6.61 Å². The van der Waals surface area contributed by atoms with Crippen LogP contribution < -0.4 is 5.32 Å². The van der Waals surface area contributed by atoms with E-state index in [9.17, 15) is 0 Å². The number of aliphatic hydroxyl groups excluding tert-OH is 1. The van der Waals surface area contributed by atoms with Gasteiger partial charge in [-0.1, -0.05) is 13.8 Å². The lowest BCUT2D eigenvalue weighted by Crippen LogP contribution is -2.37. The van der Waals surface area contributed by atoms with Crippen LogP contribution in [0.5, 0.6) is 0 Å². The fraction of sp³-hybridized carbons (Fsp3) is 1.00. The van der Waals surface area contributed by atoms with Crippen LogP contribution in [-0.2, 0) is 0 Å². The average Bonchev–Trinajstić information content (AvgIpc) is 2.00. The summed E-state index contributed by atoms with van der Waals surface area (Å²) in [6.07, 6.45) is 1.96. The molecule has 0 spiro atoms. The monoisotopic (exact) mass is 173 g/mol. The highest BCUT2D eigenvalue weighted by atomic mass is 16.2. The highest BCUT2D eigenvalue weighted by molar-refractivity contribution is 4.69. The number of hydrogen-bond acceptors (Lipinski definition) is 2. The van der Waals surface area contributed by atoms with Gasteiger partial charge in [-0.25, -0.2) is 0 Å². The predicted octanol–water partition coefficient (Wildman–Crippen LogP) is 1.78. The number of nitrogens with one attached hydrogen (secondary N) is 1. The fourth-order valence-corrected chi connectivity index (χ4v) is 1.12. The normalized spacial score (nSPS) is 16.5. The second kappa shape index (κ2) is 6.44. The van der Waals surface area contributed by atoms with Gasteiger partial charge < -0.3 is 10.4 Å². The molecule has 0 saturated carbocycles. The third-order valence-corrected chi connectivity index (χ3v) is 2.34. The van der Waals surface area contributed by atoms with E-state index in [2.05, 4.69) is 33.0 Å². The van der Waals surface area contributed by atoms with Crippen molar-refractivity contribution < 1.29 is 5.11 Å². The predicted molar refractivity (Wildman–Crippen MR) is 53.2 cm³/mol. The van der Waals surface area contributed by atoms with E-state index < -0.39 is 0 Å². The van der Waals surface area contributed by atoms with Gasteiger partial charge >= 0.3 is 0 Å². The molecule has 0 radical (unpaired) electrons. The first-order valence-corrected chi connectivity index (χ1v) is 4.94. The van der Waals surface area contributed by atoms with E-state index in [4.69, 9.17) is 5.11 Å². The first kappa shape index (κ1) is 11.9. The van der Waals surface area contributed by atoms with Crippen molar-refractivity contribution >= 4 is 0 Å². The van der Waals surface area contributed by atoms with Gasteiger partial charge in [0.2, 0.25) is 0 Å². The zero-order valence-corrected chi connectivity index (χ0v) is 8.80. The largest absolute Gasteiger partial charge is 0.396 e. The molecule has 0 aromatic heterocycles. The van der Waals surface area contributed by atoms with E-state index >= 15 is 0 Å². The summed E-state index contributed by atoms with van der Waals surface area (Å²) in [6, 6.07) is 1.09. The summed E-state index contributed by atoms with van der Waals surface area (Å²) < 4.78 is 0. The Labute approximate surface area is 76.4 Å². The topological polar surface area (TPSA) is 32.3 Å². The van der Waals surface area contributed by atoms with E-state index in [0.29, 0.717) is 24.6 Å². The second-order valence-electron chi connectivity index (χ2n) is 3.97. The van der Waals surface area contributed by atoms with Crippen LogP contribution in [0.3, 0.4) is 0 Å². The zero-order valence-electron chi connectivity index (χ0n) is 8.80. The van der Waals surface area contributed by atoms with Crippen molar-refractivity contribution in [3.05, 3.63) is 0 Å². The average molecular weight is 173 g/mol. The lowest BCUT2D eigenvalue weighted by Gasteiger charge is -2.22. The molecule has 0 aromatic rings. The smallest absolute Gasteiger partial charge is 0.0431 e. The number of hydrogen-bond donors (Lipinski definition) is 2. The minimum Gasteiger partial charge on any atom is -0.396 e. The van der Waals surface area contributed by atoms with Gasteiger partial charge in [0.05, 0.1) is 0 Å². The first-order valence-electron chi connectivity index (χ1n) is 4.94. The summed E-state index contributed by atoms with van der Waals surface area (Å²) in [6.45, 7) is 9.13. The molecule has 0 rings (SSSR count). The minimum atomic E-state index is 0.308. The molecule has 0 amide bonds. The zero-order chi connectivity index (χ0) is 9.56. The molecule has 0 aliphatic heterocycles. The summed E-state index contributed by atoms with van der Waals surface area (Å²) in [5.41, 5.74) is 0. The Hall–Kier alpha value is -0.0800. The summed E-state index contributed by atoms with van der Waals surface area (Å²) in [5.74, 6) is 0.682. The SMILES string of the molecule is CC(C)[C@@H](C)N[C@@H](C)CCCO. The molecular weight excluding hydrogens is 150 g/mol. The fourth-order valence-electron chi connectivity index (χ4n) is 1.12.